The average molecular weight is 413 g/mol. The van der Waals surface area contributed by atoms with E-state index in [1.54, 1.807) is 0 Å². The second-order valence-corrected chi connectivity index (χ2v) is 7.55. The Labute approximate surface area is 179 Å². The van der Waals surface area contributed by atoms with Crippen molar-refractivity contribution in [1.82, 2.24) is 14.9 Å². The predicted molar refractivity (Wildman–Crippen MR) is 118 cm³/mol. The Bertz CT molecular complexity index is 843. The summed E-state index contributed by atoms with van der Waals surface area (Å²) in [4.78, 5) is 26.1. The monoisotopic (exact) mass is 412 g/mol. The largest absolute Gasteiger partial charge is 0.490 e. The first-order valence-electron chi connectivity index (χ1n) is 10.8. The van der Waals surface area contributed by atoms with Gasteiger partial charge in [0.15, 0.2) is 11.5 Å². The van der Waals surface area contributed by atoms with Crippen molar-refractivity contribution >= 4 is 11.7 Å². The molecular formula is C23H32N4O3. The maximum Gasteiger partial charge on any atom is 0.254 e. The summed E-state index contributed by atoms with van der Waals surface area (Å²) in [6.45, 7) is 12.0. The van der Waals surface area contributed by atoms with Gasteiger partial charge in [-0.1, -0.05) is 13.8 Å². The summed E-state index contributed by atoms with van der Waals surface area (Å²) in [5.41, 5.74) is 1.59. The molecule has 1 fully saturated rings. The molecule has 0 aliphatic carbocycles. The number of hydrogen-bond donors (Lipinski definition) is 0. The standard InChI is InChI=1S/C23H32N4O3/c1-5-13-29-20-8-7-19(16-21(20)30-14-6-2)23(28)27-11-9-26(10-12-27)22-15-17(3)24-18(4)25-22/h7-8,15-16H,5-6,9-14H2,1-4H3. The Morgan fingerprint density at radius 3 is 2.23 bits per heavy atom. The third kappa shape index (κ3) is 5.40. The lowest BCUT2D eigenvalue weighted by Crippen LogP contribution is -2.49. The first kappa shape index (κ1) is 21.9. The smallest absolute Gasteiger partial charge is 0.254 e. The number of carbonyl (C=O) groups excluding carboxylic acids is 1. The van der Waals surface area contributed by atoms with Crippen molar-refractivity contribution in [1.29, 1.82) is 0 Å². The quantitative estimate of drug-likeness (QED) is 0.660. The number of rotatable bonds is 8. The van der Waals surface area contributed by atoms with Gasteiger partial charge in [-0.25, -0.2) is 9.97 Å². The Hall–Kier alpha value is -2.83. The predicted octanol–water partition coefficient (Wildman–Crippen LogP) is 3.63. The number of benzene rings is 1. The van der Waals surface area contributed by atoms with Crippen molar-refractivity contribution in [3.63, 3.8) is 0 Å². The third-order valence-corrected chi connectivity index (χ3v) is 4.96. The zero-order chi connectivity index (χ0) is 21.5. The van der Waals surface area contributed by atoms with Crippen molar-refractivity contribution in [2.75, 3.05) is 44.3 Å². The molecule has 7 nitrogen and oxygen atoms in total. The molecule has 0 unspecified atom stereocenters. The number of amides is 1. The SMILES string of the molecule is CCCOc1ccc(C(=O)N2CCN(c3cc(C)nc(C)n3)CC2)cc1OCCC. The van der Waals surface area contributed by atoms with E-state index in [0.29, 0.717) is 43.4 Å². The average Bonchev–Trinajstić information content (AvgIpc) is 2.75. The number of piperazine rings is 1. The van der Waals surface area contributed by atoms with Gasteiger partial charge in [0.1, 0.15) is 11.6 Å². The van der Waals surface area contributed by atoms with Crippen LogP contribution in [0.2, 0.25) is 0 Å². The maximum atomic E-state index is 13.1. The third-order valence-electron chi connectivity index (χ3n) is 4.96. The van der Waals surface area contributed by atoms with Gasteiger partial charge in [-0.05, 0) is 44.9 Å². The number of ether oxygens (including phenoxy) is 2. The fraction of sp³-hybridized carbons (Fsp3) is 0.522. The lowest BCUT2D eigenvalue weighted by atomic mass is 10.1. The van der Waals surface area contributed by atoms with Gasteiger partial charge in [0, 0.05) is 43.5 Å². The molecule has 2 heterocycles. The molecule has 1 aromatic carbocycles. The highest BCUT2D eigenvalue weighted by molar-refractivity contribution is 5.95. The van der Waals surface area contributed by atoms with Gasteiger partial charge < -0.3 is 19.3 Å². The molecule has 3 rings (SSSR count). The summed E-state index contributed by atoms with van der Waals surface area (Å²) in [6.07, 6.45) is 1.82. The minimum absolute atomic E-state index is 0.0214. The topological polar surface area (TPSA) is 67.8 Å². The van der Waals surface area contributed by atoms with Gasteiger partial charge in [0.2, 0.25) is 0 Å². The van der Waals surface area contributed by atoms with Crippen LogP contribution < -0.4 is 14.4 Å². The highest BCUT2D eigenvalue weighted by Gasteiger charge is 2.24. The molecule has 30 heavy (non-hydrogen) atoms. The van der Waals surface area contributed by atoms with Crippen LogP contribution in [0, 0.1) is 13.8 Å². The summed E-state index contributed by atoms with van der Waals surface area (Å²) in [6, 6.07) is 7.48. The van der Waals surface area contributed by atoms with Gasteiger partial charge in [-0.2, -0.15) is 0 Å². The molecule has 7 heteroatoms. The number of nitrogens with zero attached hydrogens (tertiary/aromatic N) is 4. The summed E-state index contributed by atoms with van der Waals surface area (Å²) in [5.74, 6) is 3.06. The molecule has 0 radical (unpaired) electrons. The fourth-order valence-corrected chi connectivity index (χ4v) is 3.48. The lowest BCUT2D eigenvalue weighted by Gasteiger charge is -2.35. The second kappa shape index (κ2) is 10.3. The molecule has 0 N–H and O–H groups in total. The van der Waals surface area contributed by atoms with E-state index in [-0.39, 0.29) is 5.91 Å². The Morgan fingerprint density at radius 1 is 0.933 bits per heavy atom. The van der Waals surface area contributed by atoms with Crippen molar-refractivity contribution in [2.45, 2.75) is 40.5 Å². The van der Waals surface area contributed by atoms with Gasteiger partial charge in [0.05, 0.1) is 13.2 Å². The normalized spacial score (nSPS) is 14.0. The molecule has 1 saturated heterocycles. The van der Waals surface area contributed by atoms with Gasteiger partial charge in [-0.15, -0.1) is 0 Å². The van der Waals surface area contributed by atoms with E-state index in [4.69, 9.17) is 9.47 Å². The van der Waals surface area contributed by atoms with Crippen molar-refractivity contribution in [2.24, 2.45) is 0 Å². The van der Waals surface area contributed by atoms with Crippen LogP contribution in [0.15, 0.2) is 24.3 Å². The number of carbonyl (C=O) groups is 1. The first-order valence-corrected chi connectivity index (χ1v) is 10.8. The molecule has 0 bridgehead atoms. The van der Waals surface area contributed by atoms with Gasteiger partial charge in [0.25, 0.3) is 5.91 Å². The van der Waals surface area contributed by atoms with Crippen molar-refractivity contribution < 1.29 is 14.3 Å². The number of aromatic nitrogens is 2. The molecule has 1 aliphatic rings. The van der Waals surface area contributed by atoms with Crippen LogP contribution in [0.1, 0.15) is 48.6 Å². The van der Waals surface area contributed by atoms with Gasteiger partial charge in [-0.3, -0.25) is 4.79 Å². The van der Waals surface area contributed by atoms with E-state index in [9.17, 15) is 4.79 Å². The highest BCUT2D eigenvalue weighted by atomic mass is 16.5. The molecule has 0 atom stereocenters. The molecule has 162 valence electrons. The van der Waals surface area contributed by atoms with Crippen LogP contribution in [-0.4, -0.2) is 60.2 Å². The van der Waals surface area contributed by atoms with E-state index < -0.39 is 0 Å². The van der Waals surface area contributed by atoms with E-state index in [2.05, 4.69) is 28.7 Å². The van der Waals surface area contributed by atoms with Gasteiger partial charge >= 0.3 is 0 Å². The Morgan fingerprint density at radius 2 is 1.60 bits per heavy atom. The number of hydrogen-bond acceptors (Lipinski definition) is 6. The van der Waals surface area contributed by atoms with Crippen LogP contribution in [0.25, 0.3) is 0 Å². The summed E-state index contributed by atoms with van der Waals surface area (Å²) in [5, 5.41) is 0. The minimum atomic E-state index is 0.0214. The zero-order valence-electron chi connectivity index (χ0n) is 18.5. The molecule has 1 amide bonds. The molecule has 1 aromatic heterocycles. The second-order valence-electron chi connectivity index (χ2n) is 7.55. The van der Waals surface area contributed by atoms with Crippen molar-refractivity contribution in [3.05, 3.63) is 41.3 Å². The van der Waals surface area contributed by atoms with Crippen LogP contribution in [0.4, 0.5) is 5.82 Å². The first-order chi connectivity index (χ1) is 14.5. The fourth-order valence-electron chi connectivity index (χ4n) is 3.48. The summed E-state index contributed by atoms with van der Waals surface area (Å²) < 4.78 is 11.6. The lowest BCUT2D eigenvalue weighted by molar-refractivity contribution is 0.0746. The maximum absolute atomic E-state index is 13.1. The summed E-state index contributed by atoms with van der Waals surface area (Å²) in [7, 11) is 0. The van der Waals surface area contributed by atoms with Crippen LogP contribution in [-0.2, 0) is 0 Å². The van der Waals surface area contributed by atoms with Crippen LogP contribution in [0.3, 0.4) is 0 Å². The van der Waals surface area contributed by atoms with E-state index in [1.807, 2.05) is 43.0 Å². The molecule has 1 aliphatic heterocycles. The Balaban J connectivity index is 1.67. The molecule has 0 saturated carbocycles. The van der Waals surface area contributed by atoms with E-state index >= 15 is 0 Å². The van der Waals surface area contributed by atoms with Crippen LogP contribution in [0.5, 0.6) is 11.5 Å². The van der Waals surface area contributed by atoms with E-state index in [0.717, 1.165) is 43.3 Å². The number of anilines is 1. The number of aryl methyl sites for hydroxylation is 2. The van der Waals surface area contributed by atoms with Crippen molar-refractivity contribution in [3.8, 4) is 11.5 Å². The highest BCUT2D eigenvalue weighted by Crippen LogP contribution is 2.29. The summed E-state index contributed by atoms with van der Waals surface area (Å²) >= 11 is 0. The molecule has 2 aromatic rings. The molecule has 0 spiro atoms. The van der Waals surface area contributed by atoms with E-state index in [1.165, 1.54) is 0 Å². The minimum Gasteiger partial charge on any atom is -0.490 e. The molecular weight excluding hydrogens is 380 g/mol. The zero-order valence-corrected chi connectivity index (χ0v) is 18.5. The Kier molecular flexibility index (Phi) is 7.49. The van der Waals surface area contributed by atoms with Crippen LogP contribution >= 0.6 is 0 Å².